The first-order valence-electron chi connectivity index (χ1n) is 10.9. The molecule has 0 bridgehead atoms. The predicted molar refractivity (Wildman–Crippen MR) is 126 cm³/mol. The molecular weight excluding hydrogens is 435 g/mol. The molecular formula is C25H23FN6O2. The van der Waals surface area contributed by atoms with Crippen molar-refractivity contribution in [3.8, 4) is 40.0 Å². The highest BCUT2D eigenvalue weighted by atomic mass is 19.1. The highest BCUT2D eigenvalue weighted by molar-refractivity contribution is 5.91. The van der Waals surface area contributed by atoms with Gasteiger partial charge in [-0.25, -0.2) is 14.4 Å². The summed E-state index contributed by atoms with van der Waals surface area (Å²) in [6.45, 7) is 1.49. The molecule has 5 rings (SSSR count). The van der Waals surface area contributed by atoms with E-state index in [4.69, 9.17) is 15.5 Å². The fourth-order valence-electron chi connectivity index (χ4n) is 4.35. The predicted octanol–water partition coefficient (Wildman–Crippen LogP) is 3.72. The number of methoxy groups -OCH3 is 1. The van der Waals surface area contributed by atoms with Gasteiger partial charge in [0.15, 0.2) is 11.5 Å². The van der Waals surface area contributed by atoms with Gasteiger partial charge in [0.1, 0.15) is 17.5 Å². The van der Waals surface area contributed by atoms with Crippen molar-refractivity contribution in [2.45, 2.75) is 18.9 Å². The van der Waals surface area contributed by atoms with Crippen LogP contribution in [0.4, 0.5) is 10.3 Å². The van der Waals surface area contributed by atoms with Crippen molar-refractivity contribution in [3.63, 3.8) is 0 Å². The summed E-state index contributed by atoms with van der Waals surface area (Å²) in [5, 5.41) is 19.3. The van der Waals surface area contributed by atoms with Crippen LogP contribution in [0.15, 0.2) is 48.8 Å². The molecule has 8 nitrogen and oxygen atoms in total. The first kappa shape index (κ1) is 21.7. The molecule has 0 aliphatic carbocycles. The SMILES string of the molecule is COc1cc(-c2c(-c3ccc(C#N)c(F)c3)nc(N3CCC(N)CC3)n3ccnc23)ccc1O. The molecule has 9 heteroatoms. The van der Waals surface area contributed by atoms with E-state index >= 15 is 0 Å². The number of nitrogens with zero attached hydrogens (tertiary/aromatic N) is 5. The Morgan fingerprint density at radius 2 is 1.94 bits per heavy atom. The largest absolute Gasteiger partial charge is 0.504 e. The number of imidazole rings is 1. The van der Waals surface area contributed by atoms with E-state index in [-0.39, 0.29) is 17.4 Å². The average molecular weight is 458 g/mol. The molecule has 0 spiro atoms. The molecule has 1 aliphatic rings. The summed E-state index contributed by atoms with van der Waals surface area (Å²) >= 11 is 0. The standard InChI is InChI=1S/C25H23FN6O2/c1-34-21-13-15(4-5-20(21)33)22-23(16-2-3-17(14-27)19(26)12-16)30-25(32-11-8-29-24(22)32)31-9-6-18(28)7-10-31/h2-5,8,11-13,18,33H,6-7,9-10,28H2,1H3. The normalized spacial score (nSPS) is 14.4. The topological polar surface area (TPSA) is 113 Å². The highest BCUT2D eigenvalue weighted by Gasteiger charge is 2.25. The summed E-state index contributed by atoms with van der Waals surface area (Å²) in [7, 11) is 1.48. The third-order valence-corrected chi connectivity index (χ3v) is 6.18. The van der Waals surface area contributed by atoms with Crippen LogP contribution >= 0.6 is 0 Å². The molecule has 4 aromatic rings. The highest BCUT2D eigenvalue weighted by Crippen LogP contribution is 2.40. The summed E-state index contributed by atoms with van der Waals surface area (Å²) in [5.74, 6) is 0.373. The van der Waals surface area contributed by atoms with Gasteiger partial charge in [0.05, 0.1) is 23.9 Å². The van der Waals surface area contributed by atoms with Crippen LogP contribution in [0.2, 0.25) is 0 Å². The monoisotopic (exact) mass is 458 g/mol. The maximum Gasteiger partial charge on any atom is 0.211 e. The van der Waals surface area contributed by atoms with E-state index in [0.717, 1.165) is 25.9 Å². The second-order valence-electron chi connectivity index (χ2n) is 8.27. The van der Waals surface area contributed by atoms with Gasteiger partial charge >= 0.3 is 0 Å². The maximum absolute atomic E-state index is 14.6. The van der Waals surface area contributed by atoms with Crippen molar-refractivity contribution < 1.29 is 14.2 Å². The second-order valence-corrected chi connectivity index (χ2v) is 8.27. The number of phenolic OH excluding ortho intramolecular Hbond substituents is 1. The molecule has 1 aliphatic heterocycles. The van der Waals surface area contributed by atoms with Gasteiger partial charge in [-0.2, -0.15) is 5.26 Å². The number of hydrogen-bond donors (Lipinski definition) is 2. The molecule has 3 heterocycles. The molecule has 0 atom stereocenters. The number of anilines is 1. The van der Waals surface area contributed by atoms with Gasteiger partial charge < -0.3 is 20.5 Å². The van der Waals surface area contributed by atoms with E-state index in [1.807, 2.05) is 16.7 Å². The lowest BCUT2D eigenvalue weighted by Crippen LogP contribution is -2.40. The fourth-order valence-corrected chi connectivity index (χ4v) is 4.35. The first-order valence-corrected chi connectivity index (χ1v) is 10.9. The Bertz CT molecular complexity index is 1420. The van der Waals surface area contributed by atoms with Gasteiger partial charge in [-0.1, -0.05) is 12.1 Å². The Balaban J connectivity index is 1.79. The van der Waals surface area contributed by atoms with Crippen LogP contribution in [0.1, 0.15) is 18.4 Å². The summed E-state index contributed by atoms with van der Waals surface area (Å²) in [5.41, 5.74) is 9.08. The lowest BCUT2D eigenvalue weighted by Gasteiger charge is -2.32. The van der Waals surface area contributed by atoms with E-state index in [2.05, 4.69) is 9.88 Å². The molecule has 0 radical (unpaired) electrons. The van der Waals surface area contributed by atoms with Gasteiger partial charge in [0.25, 0.3) is 0 Å². The minimum absolute atomic E-state index is 0.00538. The number of ether oxygens (including phenoxy) is 1. The molecule has 0 amide bonds. The molecule has 1 saturated heterocycles. The summed E-state index contributed by atoms with van der Waals surface area (Å²) in [6.07, 6.45) is 5.22. The Hall–Kier alpha value is -4.16. The zero-order chi connectivity index (χ0) is 23.8. The summed E-state index contributed by atoms with van der Waals surface area (Å²) in [4.78, 5) is 11.8. The lowest BCUT2D eigenvalue weighted by molar-refractivity contribution is 0.373. The Morgan fingerprint density at radius 1 is 1.18 bits per heavy atom. The molecule has 0 unspecified atom stereocenters. The third kappa shape index (κ3) is 3.68. The minimum Gasteiger partial charge on any atom is -0.504 e. The number of aromatic nitrogens is 3. The van der Waals surface area contributed by atoms with Crippen LogP contribution in [0.3, 0.4) is 0 Å². The van der Waals surface area contributed by atoms with Crippen LogP contribution in [-0.2, 0) is 0 Å². The van der Waals surface area contributed by atoms with Crippen LogP contribution in [0, 0.1) is 17.1 Å². The van der Waals surface area contributed by atoms with Gasteiger partial charge in [0, 0.05) is 37.1 Å². The van der Waals surface area contributed by atoms with Crippen LogP contribution in [-0.4, -0.2) is 45.7 Å². The Kier molecular flexibility index (Phi) is 5.51. The quantitative estimate of drug-likeness (QED) is 0.479. The molecule has 172 valence electrons. The van der Waals surface area contributed by atoms with E-state index < -0.39 is 5.82 Å². The number of benzene rings is 2. The Labute approximate surface area is 195 Å². The smallest absolute Gasteiger partial charge is 0.211 e. The van der Waals surface area contributed by atoms with Crippen molar-refractivity contribution in [2.75, 3.05) is 25.1 Å². The number of hydrogen-bond acceptors (Lipinski definition) is 7. The number of piperidine rings is 1. The summed E-state index contributed by atoms with van der Waals surface area (Å²) in [6, 6.07) is 11.4. The number of fused-ring (bicyclic) bond motifs is 1. The Morgan fingerprint density at radius 3 is 2.65 bits per heavy atom. The van der Waals surface area contributed by atoms with Gasteiger partial charge in [-0.3, -0.25) is 4.40 Å². The number of rotatable bonds is 4. The number of phenols is 1. The number of halogens is 1. The van der Waals surface area contributed by atoms with E-state index in [1.165, 1.54) is 25.3 Å². The van der Waals surface area contributed by atoms with Crippen molar-refractivity contribution in [1.29, 1.82) is 5.26 Å². The van der Waals surface area contributed by atoms with E-state index in [9.17, 15) is 14.8 Å². The van der Waals surface area contributed by atoms with Crippen molar-refractivity contribution >= 4 is 11.6 Å². The van der Waals surface area contributed by atoms with Gasteiger partial charge in [-0.05, 0) is 42.7 Å². The lowest BCUT2D eigenvalue weighted by atomic mass is 9.98. The van der Waals surface area contributed by atoms with Gasteiger partial charge in [-0.15, -0.1) is 0 Å². The molecule has 0 saturated carbocycles. The van der Waals surface area contributed by atoms with Crippen molar-refractivity contribution in [1.82, 2.24) is 14.4 Å². The van der Waals surface area contributed by atoms with Crippen LogP contribution < -0.4 is 15.4 Å². The summed E-state index contributed by atoms with van der Waals surface area (Å²) < 4.78 is 21.9. The number of aromatic hydroxyl groups is 1. The van der Waals surface area contributed by atoms with Gasteiger partial charge in [0.2, 0.25) is 5.95 Å². The molecule has 1 fully saturated rings. The van der Waals surface area contributed by atoms with Crippen molar-refractivity contribution in [3.05, 3.63) is 60.2 Å². The first-order chi connectivity index (χ1) is 16.5. The third-order valence-electron chi connectivity index (χ3n) is 6.18. The fraction of sp³-hybridized carbons (Fsp3) is 0.240. The molecule has 3 N–H and O–H groups in total. The zero-order valence-electron chi connectivity index (χ0n) is 18.6. The molecule has 2 aromatic heterocycles. The minimum atomic E-state index is -0.621. The maximum atomic E-state index is 14.6. The molecule has 34 heavy (non-hydrogen) atoms. The van der Waals surface area contributed by atoms with E-state index in [1.54, 1.807) is 24.4 Å². The second kappa shape index (κ2) is 8.65. The van der Waals surface area contributed by atoms with Crippen molar-refractivity contribution in [2.24, 2.45) is 5.73 Å². The van der Waals surface area contributed by atoms with Crippen LogP contribution in [0.25, 0.3) is 28.0 Å². The molecule has 2 aromatic carbocycles. The number of nitrogens with two attached hydrogens (primary N) is 1. The zero-order valence-corrected chi connectivity index (χ0v) is 18.6. The van der Waals surface area contributed by atoms with E-state index in [0.29, 0.717) is 39.7 Å². The van der Waals surface area contributed by atoms with Crippen LogP contribution in [0.5, 0.6) is 11.5 Å². The average Bonchev–Trinajstić information content (AvgIpc) is 3.34. The number of nitriles is 1.